The van der Waals surface area contributed by atoms with E-state index in [2.05, 4.69) is 37.9 Å². The van der Waals surface area contributed by atoms with Gasteiger partial charge in [-0.2, -0.15) is 0 Å². The second-order valence-electron chi connectivity index (χ2n) is 7.61. The molecule has 0 atom stereocenters. The molecule has 1 saturated heterocycles. The first kappa shape index (κ1) is 18.5. The summed E-state index contributed by atoms with van der Waals surface area (Å²) >= 11 is 5.87. The van der Waals surface area contributed by atoms with Crippen LogP contribution in [-0.2, 0) is 10.2 Å². The molecule has 0 spiro atoms. The van der Waals surface area contributed by atoms with Gasteiger partial charge in [0.1, 0.15) is 5.02 Å². The molecule has 1 fully saturated rings. The molecule has 1 aromatic carbocycles. The number of nitrogens with zero attached hydrogens (tertiary/aromatic N) is 1. The molecule has 5 heteroatoms. The largest absolute Gasteiger partial charge is 0.321 e. The summed E-state index contributed by atoms with van der Waals surface area (Å²) in [7, 11) is 0. The molecule has 0 unspecified atom stereocenters. The van der Waals surface area contributed by atoms with Gasteiger partial charge >= 0.3 is 0 Å². The van der Waals surface area contributed by atoms with E-state index < -0.39 is 0 Å². The van der Waals surface area contributed by atoms with Crippen molar-refractivity contribution in [3.05, 3.63) is 74.8 Å². The van der Waals surface area contributed by atoms with Crippen molar-refractivity contribution in [3.8, 4) is 0 Å². The van der Waals surface area contributed by atoms with E-state index in [0.717, 1.165) is 17.6 Å². The molecule has 0 bridgehead atoms. The Bertz CT molecular complexity index is 905. The van der Waals surface area contributed by atoms with Gasteiger partial charge in [-0.25, -0.2) is 0 Å². The second kappa shape index (κ2) is 7.12. The molecule has 1 aliphatic rings. The van der Waals surface area contributed by atoms with Gasteiger partial charge in [0.2, 0.25) is 5.91 Å². The van der Waals surface area contributed by atoms with Crippen LogP contribution in [0.15, 0.2) is 47.4 Å². The number of pyridine rings is 1. The lowest BCUT2D eigenvalue weighted by atomic mass is 9.86. The van der Waals surface area contributed by atoms with Crippen LogP contribution in [-0.4, -0.2) is 22.3 Å². The van der Waals surface area contributed by atoms with Gasteiger partial charge in [-0.1, -0.05) is 56.6 Å². The zero-order chi connectivity index (χ0) is 18.9. The summed E-state index contributed by atoms with van der Waals surface area (Å²) in [5, 5.41) is 0.147. The lowest BCUT2D eigenvalue weighted by Gasteiger charge is -2.20. The summed E-state index contributed by atoms with van der Waals surface area (Å²) < 4.78 is 0. The minimum absolute atomic E-state index is 0.0575. The van der Waals surface area contributed by atoms with Crippen molar-refractivity contribution in [2.24, 2.45) is 0 Å². The van der Waals surface area contributed by atoms with E-state index in [0.29, 0.717) is 18.7 Å². The monoisotopic (exact) mass is 370 g/mol. The van der Waals surface area contributed by atoms with Crippen LogP contribution in [0.5, 0.6) is 0 Å². The number of amides is 1. The molecule has 136 valence electrons. The van der Waals surface area contributed by atoms with Crippen molar-refractivity contribution >= 4 is 23.1 Å². The third-order valence-corrected chi connectivity index (χ3v) is 4.91. The molecule has 1 aliphatic heterocycles. The van der Waals surface area contributed by atoms with E-state index >= 15 is 0 Å². The van der Waals surface area contributed by atoms with E-state index in [1.807, 2.05) is 18.3 Å². The van der Waals surface area contributed by atoms with E-state index in [1.165, 1.54) is 5.56 Å². The van der Waals surface area contributed by atoms with Crippen molar-refractivity contribution in [1.82, 2.24) is 9.88 Å². The maximum atomic E-state index is 12.1. The molecule has 3 rings (SSSR count). The van der Waals surface area contributed by atoms with Gasteiger partial charge in [-0.3, -0.25) is 9.59 Å². The van der Waals surface area contributed by atoms with Gasteiger partial charge in [0.15, 0.2) is 0 Å². The summed E-state index contributed by atoms with van der Waals surface area (Å²) in [4.78, 5) is 28.6. The fourth-order valence-electron chi connectivity index (χ4n) is 3.02. The topological polar surface area (TPSA) is 53.2 Å². The summed E-state index contributed by atoms with van der Waals surface area (Å²) in [5.41, 5.74) is 3.33. The first-order chi connectivity index (χ1) is 12.3. The Morgan fingerprint density at radius 2 is 1.81 bits per heavy atom. The van der Waals surface area contributed by atoms with Crippen LogP contribution in [0.4, 0.5) is 0 Å². The maximum absolute atomic E-state index is 12.1. The predicted octanol–water partition coefficient (Wildman–Crippen LogP) is 4.34. The average molecular weight is 371 g/mol. The molecule has 1 amide bonds. The third-order valence-electron chi connectivity index (χ3n) is 4.61. The molecule has 2 aromatic rings. The number of hydrogen-bond donors (Lipinski definition) is 1. The number of aromatic nitrogens is 1. The molecular weight excluding hydrogens is 348 g/mol. The highest BCUT2D eigenvalue weighted by molar-refractivity contribution is 6.30. The molecule has 0 saturated carbocycles. The summed E-state index contributed by atoms with van der Waals surface area (Å²) in [6.45, 7) is 7.19. The molecule has 0 radical (unpaired) electrons. The predicted molar refractivity (Wildman–Crippen MR) is 105 cm³/mol. The first-order valence-electron chi connectivity index (χ1n) is 8.77. The van der Waals surface area contributed by atoms with Crippen LogP contribution in [0.2, 0.25) is 5.02 Å². The molecule has 1 aromatic heterocycles. The summed E-state index contributed by atoms with van der Waals surface area (Å²) in [6.07, 6.45) is 3.24. The van der Waals surface area contributed by atoms with Crippen molar-refractivity contribution in [2.75, 3.05) is 6.54 Å². The highest BCUT2D eigenvalue weighted by Gasteiger charge is 2.20. The van der Waals surface area contributed by atoms with Crippen LogP contribution < -0.4 is 5.56 Å². The number of hydrogen-bond acceptors (Lipinski definition) is 2. The van der Waals surface area contributed by atoms with Gasteiger partial charge in [-0.15, -0.1) is 0 Å². The fraction of sp³-hybridized carbons (Fsp3) is 0.333. The minimum Gasteiger partial charge on any atom is -0.321 e. The number of nitrogens with one attached hydrogen (secondary N) is 1. The first-order valence-corrected chi connectivity index (χ1v) is 9.15. The van der Waals surface area contributed by atoms with Gasteiger partial charge < -0.3 is 9.88 Å². The third kappa shape index (κ3) is 3.91. The quantitative estimate of drug-likeness (QED) is 0.873. The zero-order valence-electron chi connectivity index (χ0n) is 15.3. The van der Waals surface area contributed by atoms with Gasteiger partial charge in [0.05, 0.1) is 5.69 Å². The lowest BCUT2D eigenvalue weighted by molar-refractivity contribution is -0.125. The number of benzene rings is 1. The van der Waals surface area contributed by atoms with Gasteiger partial charge in [0.25, 0.3) is 5.56 Å². The standard InChI is InChI=1S/C21H23ClN2O2/c1-21(2,3)15-8-6-14(7-9-15)16(13-24-12-4-5-19(24)25)18-11-10-17(22)20(26)23-18/h6-11,13H,4-5,12H2,1-3H3,(H,23,26). The van der Waals surface area contributed by atoms with Crippen LogP contribution in [0.1, 0.15) is 50.4 Å². The Morgan fingerprint density at radius 1 is 1.12 bits per heavy atom. The van der Waals surface area contributed by atoms with Crippen LogP contribution in [0, 0.1) is 0 Å². The normalized spacial score (nSPS) is 15.6. The minimum atomic E-state index is -0.339. The second-order valence-corrected chi connectivity index (χ2v) is 8.02. The number of H-pyrrole nitrogens is 1. The summed E-state index contributed by atoms with van der Waals surface area (Å²) in [6, 6.07) is 11.6. The number of aromatic amines is 1. The molecule has 1 N–H and O–H groups in total. The van der Waals surface area contributed by atoms with E-state index in [9.17, 15) is 9.59 Å². The molecule has 26 heavy (non-hydrogen) atoms. The van der Waals surface area contributed by atoms with Crippen molar-refractivity contribution in [1.29, 1.82) is 0 Å². The Balaban J connectivity index is 2.08. The Hall–Kier alpha value is -2.33. The Kier molecular flexibility index (Phi) is 5.05. The fourth-order valence-corrected chi connectivity index (χ4v) is 3.13. The highest BCUT2D eigenvalue weighted by Crippen LogP contribution is 2.28. The van der Waals surface area contributed by atoms with Crippen LogP contribution in [0.25, 0.3) is 5.57 Å². The number of carbonyl (C=O) groups is 1. The number of carbonyl (C=O) groups excluding carboxylic acids is 1. The van der Waals surface area contributed by atoms with Gasteiger partial charge in [-0.05, 0) is 35.1 Å². The average Bonchev–Trinajstić information content (AvgIpc) is 2.99. The molecule has 2 heterocycles. The SMILES string of the molecule is CC(C)(C)c1ccc(C(=CN2CCCC2=O)c2ccc(Cl)c(=O)[nH]2)cc1. The number of rotatable bonds is 3. The molecule has 0 aliphatic carbocycles. The number of halogens is 1. The zero-order valence-corrected chi connectivity index (χ0v) is 16.1. The van der Waals surface area contributed by atoms with Crippen molar-refractivity contribution < 1.29 is 4.79 Å². The van der Waals surface area contributed by atoms with E-state index in [4.69, 9.17) is 11.6 Å². The highest BCUT2D eigenvalue weighted by atomic mass is 35.5. The van der Waals surface area contributed by atoms with Crippen molar-refractivity contribution in [3.63, 3.8) is 0 Å². The van der Waals surface area contributed by atoms with E-state index in [-0.39, 0.29) is 21.9 Å². The smallest absolute Gasteiger partial charge is 0.267 e. The summed E-state index contributed by atoms with van der Waals surface area (Å²) in [5.74, 6) is 0.102. The maximum Gasteiger partial charge on any atom is 0.267 e. The molecule has 4 nitrogen and oxygen atoms in total. The Labute approximate surface area is 158 Å². The lowest BCUT2D eigenvalue weighted by Crippen LogP contribution is -2.19. The van der Waals surface area contributed by atoms with Crippen molar-refractivity contribution in [2.45, 2.75) is 39.0 Å². The Morgan fingerprint density at radius 3 is 2.35 bits per heavy atom. The van der Waals surface area contributed by atoms with E-state index in [1.54, 1.807) is 17.0 Å². The van der Waals surface area contributed by atoms with Crippen LogP contribution >= 0.6 is 11.6 Å². The van der Waals surface area contributed by atoms with Crippen LogP contribution in [0.3, 0.4) is 0 Å². The number of likely N-dealkylation sites (tertiary alicyclic amines) is 1. The molecular formula is C21H23ClN2O2. The van der Waals surface area contributed by atoms with Gasteiger partial charge in [0, 0.05) is 24.7 Å².